The van der Waals surface area contributed by atoms with Crippen LogP contribution in [0.2, 0.25) is 5.02 Å². The molecule has 196 valence electrons. The van der Waals surface area contributed by atoms with E-state index in [1.807, 2.05) is 41.8 Å². The molecule has 0 atom stereocenters. The van der Waals surface area contributed by atoms with Crippen LogP contribution < -0.4 is 9.64 Å². The topological polar surface area (TPSA) is 86.6 Å². The molecule has 0 bridgehead atoms. The number of anilines is 1. The van der Waals surface area contributed by atoms with Crippen LogP contribution in [-0.2, 0) is 5.75 Å². The lowest BCUT2D eigenvalue weighted by Gasteiger charge is -2.22. The summed E-state index contributed by atoms with van der Waals surface area (Å²) in [4.78, 5) is 15.7. The predicted molar refractivity (Wildman–Crippen MR) is 157 cm³/mol. The fourth-order valence-electron chi connectivity index (χ4n) is 4.41. The minimum atomic E-state index is -0.0769. The first-order valence-corrected chi connectivity index (χ1v) is 14.6. The van der Waals surface area contributed by atoms with Gasteiger partial charge in [-0.3, -0.25) is 0 Å². The van der Waals surface area contributed by atoms with Gasteiger partial charge < -0.3 is 14.7 Å². The molecule has 0 unspecified atom stereocenters. The molecule has 2 aromatic heterocycles. The number of rotatable bonds is 9. The van der Waals surface area contributed by atoms with Gasteiger partial charge in [0, 0.05) is 40.4 Å². The first-order valence-electron chi connectivity index (χ1n) is 12.4. The van der Waals surface area contributed by atoms with E-state index in [0.717, 1.165) is 47.8 Å². The fraction of sp³-hybridized carbons (Fsp3) is 0.241. The van der Waals surface area contributed by atoms with Gasteiger partial charge in [-0.2, -0.15) is 5.26 Å². The van der Waals surface area contributed by atoms with Crippen molar-refractivity contribution in [3.63, 3.8) is 0 Å². The van der Waals surface area contributed by atoms with Gasteiger partial charge in [-0.15, -0.1) is 11.3 Å². The van der Waals surface area contributed by atoms with Crippen molar-refractivity contribution in [2.45, 2.75) is 23.6 Å². The van der Waals surface area contributed by atoms with Crippen molar-refractivity contribution in [2.24, 2.45) is 0 Å². The Morgan fingerprint density at radius 2 is 1.82 bits per heavy atom. The summed E-state index contributed by atoms with van der Waals surface area (Å²) in [5.74, 6) is 1.77. The van der Waals surface area contributed by atoms with E-state index in [1.54, 1.807) is 23.5 Å². The molecule has 1 fully saturated rings. The van der Waals surface area contributed by atoms with Gasteiger partial charge in [-0.1, -0.05) is 47.6 Å². The number of halogens is 1. The van der Waals surface area contributed by atoms with Crippen LogP contribution in [-0.4, -0.2) is 41.4 Å². The van der Waals surface area contributed by atoms with Gasteiger partial charge in [-0.25, -0.2) is 14.8 Å². The summed E-state index contributed by atoms with van der Waals surface area (Å²) in [6, 6.07) is 17.2. The van der Waals surface area contributed by atoms with Gasteiger partial charge in [0.1, 0.15) is 34.3 Å². The van der Waals surface area contributed by atoms with E-state index >= 15 is 0 Å². The van der Waals surface area contributed by atoms with Crippen LogP contribution in [0.4, 0.5) is 11.5 Å². The molecule has 0 aliphatic carbocycles. The highest BCUT2D eigenvalue weighted by atomic mass is 35.5. The molecule has 0 radical (unpaired) electrons. The quantitative estimate of drug-likeness (QED) is 0.167. The van der Waals surface area contributed by atoms with Crippen LogP contribution in [0.15, 0.2) is 58.9 Å². The molecule has 4 aromatic rings. The fourth-order valence-corrected chi connectivity index (χ4v) is 6.34. The summed E-state index contributed by atoms with van der Waals surface area (Å²) in [6.07, 6.45) is 2.08. The molecular weight excluding hydrogens is 550 g/mol. The van der Waals surface area contributed by atoms with Crippen molar-refractivity contribution in [3.05, 3.63) is 81.6 Å². The maximum atomic E-state index is 10.3. The van der Waals surface area contributed by atoms with Gasteiger partial charge in [0.15, 0.2) is 0 Å². The van der Waals surface area contributed by atoms with E-state index in [9.17, 15) is 5.26 Å². The first kappa shape index (κ1) is 27.0. The molecule has 0 amide bonds. The highest BCUT2D eigenvalue weighted by molar-refractivity contribution is 7.98. The zero-order valence-electron chi connectivity index (χ0n) is 20.9. The molecular formula is C29H24ClN5O2S2. The Hall–Kier alpha value is -3.60. The number of nitrogens with zero attached hydrogens (tertiary/aromatic N) is 5. The maximum Gasteiger partial charge on any atom is 0.237 e. The van der Waals surface area contributed by atoms with E-state index in [-0.39, 0.29) is 13.2 Å². The Kier molecular flexibility index (Phi) is 8.65. The Balaban J connectivity index is 1.51. The SMILES string of the molecule is [C-]#[N+]c1c(N2CCCC2)nc(SCc2csc(-c3ccc(Cl)cc3)n2)c(C#N)c1-c1ccc(OCCO)cc1. The smallest absolute Gasteiger partial charge is 0.237 e. The highest BCUT2D eigenvalue weighted by Crippen LogP contribution is 2.45. The predicted octanol–water partition coefficient (Wildman–Crippen LogP) is 7.21. The van der Waals surface area contributed by atoms with Gasteiger partial charge in [-0.05, 0) is 42.7 Å². The lowest BCUT2D eigenvalue weighted by atomic mass is 9.99. The summed E-state index contributed by atoms with van der Waals surface area (Å²) in [5, 5.41) is 23.5. The van der Waals surface area contributed by atoms with Crippen LogP contribution in [0.25, 0.3) is 26.5 Å². The third-order valence-electron chi connectivity index (χ3n) is 6.25. The van der Waals surface area contributed by atoms with E-state index in [1.165, 1.54) is 11.8 Å². The van der Waals surface area contributed by atoms with Crippen molar-refractivity contribution in [2.75, 3.05) is 31.2 Å². The summed E-state index contributed by atoms with van der Waals surface area (Å²) < 4.78 is 5.50. The van der Waals surface area contributed by atoms with E-state index in [0.29, 0.717) is 44.2 Å². The molecule has 5 rings (SSSR count). The Morgan fingerprint density at radius 1 is 1.10 bits per heavy atom. The van der Waals surface area contributed by atoms with Crippen LogP contribution in [0.5, 0.6) is 5.75 Å². The van der Waals surface area contributed by atoms with Crippen molar-refractivity contribution in [1.29, 1.82) is 5.26 Å². The maximum absolute atomic E-state index is 10.3. The van der Waals surface area contributed by atoms with E-state index in [2.05, 4.69) is 15.8 Å². The summed E-state index contributed by atoms with van der Waals surface area (Å²) >= 11 is 9.05. The molecule has 0 saturated carbocycles. The third kappa shape index (κ3) is 6.03. The second-order valence-electron chi connectivity index (χ2n) is 8.79. The van der Waals surface area contributed by atoms with E-state index in [4.69, 9.17) is 38.0 Å². The lowest BCUT2D eigenvalue weighted by molar-refractivity contribution is 0.201. The number of nitriles is 1. The van der Waals surface area contributed by atoms with Gasteiger partial charge in [0.25, 0.3) is 0 Å². The number of benzene rings is 2. The summed E-state index contributed by atoms with van der Waals surface area (Å²) in [7, 11) is 0. The standard InChI is InChI=1S/C29H24ClN5O2S2/c1-32-26-25(19-6-10-23(11-7-19)37-15-14-36)24(16-31)29(34-27(26)35-12-2-3-13-35)39-18-22-17-38-28(33-22)20-4-8-21(30)9-5-20/h4-11,17,36H,2-3,12-15,18H2. The number of aromatic nitrogens is 2. The summed E-state index contributed by atoms with van der Waals surface area (Å²) in [5.41, 5.74) is 4.00. The van der Waals surface area contributed by atoms with E-state index < -0.39 is 0 Å². The molecule has 1 saturated heterocycles. The Bertz CT molecular complexity index is 1540. The van der Waals surface area contributed by atoms with Gasteiger partial charge in [0.2, 0.25) is 5.69 Å². The molecule has 1 aliphatic rings. The zero-order chi connectivity index (χ0) is 27.2. The average Bonchev–Trinajstić information content (AvgIpc) is 3.68. The van der Waals surface area contributed by atoms with Crippen molar-refractivity contribution < 1.29 is 9.84 Å². The number of pyridine rings is 1. The van der Waals surface area contributed by atoms with Crippen molar-refractivity contribution in [3.8, 4) is 33.5 Å². The molecule has 1 aliphatic heterocycles. The number of aliphatic hydroxyl groups excluding tert-OH is 1. The molecule has 2 aromatic carbocycles. The molecule has 39 heavy (non-hydrogen) atoms. The monoisotopic (exact) mass is 573 g/mol. The minimum Gasteiger partial charge on any atom is -0.491 e. The highest BCUT2D eigenvalue weighted by Gasteiger charge is 2.26. The average molecular weight is 574 g/mol. The lowest BCUT2D eigenvalue weighted by Crippen LogP contribution is -2.20. The molecule has 1 N–H and O–H groups in total. The third-order valence-corrected chi connectivity index (χ3v) is 8.45. The van der Waals surface area contributed by atoms with Crippen LogP contribution in [0.1, 0.15) is 24.1 Å². The first-order chi connectivity index (χ1) is 19.1. The number of hydrogen-bond donors (Lipinski definition) is 1. The molecule has 7 nitrogen and oxygen atoms in total. The molecule has 3 heterocycles. The number of thiazole rings is 1. The number of hydrogen-bond acceptors (Lipinski definition) is 8. The van der Waals surface area contributed by atoms with Crippen LogP contribution >= 0.6 is 34.7 Å². The second-order valence-corrected chi connectivity index (χ2v) is 11.1. The van der Waals surface area contributed by atoms with Crippen molar-refractivity contribution in [1.82, 2.24) is 9.97 Å². The Morgan fingerprint density at radius 3 is 2.49 bits per heavy atom. The summed E-state index contributed by atoms with van der Waals surface area (Å²) in [6.45, 7) is 9.80. The Labute approximate surface area is 240 Å². The van der Waals surface area contributed by atoms with Crippen LogP contribution in [0.3, 0.4) is 0 Å². The molecule has 10 heteroatoms. The van der Waals surface area contributed by atoms with Crippen LogP contribution in [0, 0.1) is 17.9 Å². The number of thioether (sulfide) groups is 1. The van der Waals surface area contributed by atoms with Crippen molar-refractivity contribution >= 4 is 46.2 Å². The largest absolute Gasteiger partial charge is 0.491 e. The minimum absolute atomic E-state index is 0.0769. The second kappa shape index (κ2) is 12.5. The van der Waals surface area contributed by atoms with Gasteiger partial charge >= 0.3 is 0 Å². The number of aliphatic hydroxyl groups is 1. The molecule has 0 spiro atoms. The number of ether oxygens (including phenoxy) is 1. The normalized spacial score (nSPS) is 12.8. The zero-order valence-corrected chi connectivity index (χ0v) is 23.3. The van der Waals surface area contributed by atoms with Gasteiger partial charge in [0.05, 0.1) is 24.4 Å².